The molecule has 0 saturated carbocycles. The molecule has 0 radical (unpaired) electrons. The van der Waals surface area contributed by atoms with Crippen LogP contribution >= 0.6 is 0 Å². The summed E-state index contributed by atoms with van der Waals surface area (Å²) in [6.45, 7) is 4.00. The number of nitrogens with one attached hydrogen (secondary N) is 3. The Morgan fingerprint density at radius 1 is 1.29 bits per heavy atom. The molecule has 0 rings (SSSR count). The first kappa shape index (κ1) is 15.6. The Labute approximate surface area is 98.7 Å². The highest BCUT2D eigenvalue weighted by atomic mass is 32.2. The average Bonchev–Trinajstić information content (AvgIpc) is 2.09. The van der Waals surface area contributed by atoms with Crippen LogP contribution in [0.15, 0.2) is 0 Å². The average molecular weight is 269 g/mol. The number of carbonyl (C=O) groups is 2. The van der Waals surface area contributed by atoms with E-state index in [1.54, 1.807) is 35.8 Å². The van der Waals surface area contributed by atoms with Crippen LogP contribution < -0.4 is 15.0 Å². The summed E-state index contributed by atoms with van der Waals surface area (Å²) in [4.78, 5) is 22.8. The smallest absolute Gasteiger partial charge is 0.423 e. The van der Waals surface area contributed by atoms with Crippen molar-refractivity contribution in [1.29, 1.82) is 0 Å². The van der Waals surface area contributed by atoms with Crippen LogP contribution in [-0.4, -0.2) is 37.7 Å². The van der Waals surface area contributed by atoms with Crippen LogP contribution in [0.4, 0.5) is 4.79 Å². The van der Waals surface area contributed by atoms with Crippen LogP contribution in [0, 0.1) is 0 Å². The molecule has 0 heterocycles. The number of carboxylic acid groups (broad SMARTS) is 1. The molecule has 0 spiro atoms. The highest BCUT2D eigenvalue weighted by Gasteiger charge is 2.18. The van der Waals surface area contributed by atoms with Gasteiger partial charge in [0, 0.05) is 0 Å². The van der Waals surface area contributed by atoms with E-state index in [-0.39, 0.29) is 0 Å². The van der Waals surface area contributed by atoms with Gasteiger partial charge >= 0.3 is 12.1 Å². The monoisotopic (exact) mass is 269 g/mol. The van der Waals surface area contributed by atoms with Crippen LogP contribution in [0.2, 0.25) is 0 Å². The number of carboxylic acids is 1. The topological polar surface area (TPSA) is 134 Å². The van der Waals surface area contributed by atoms with E-state index in [1.807, 2.05) is 0 Å². The third kappa shape index (κ3) is 9.53. The normalized spacial score (nSPS) is 11.9. The Hall–Kier alpha value is -1.39. The first-order chi connectivity index (χ1) is 7.52. The summed E-state index contributed by atoms with van der Waals surface area (Å²) in [6.07, 6.45) is -1.00. The summed E-state index contributed by atoms with van der Waals surface area (Å²) in [5, 5.41) is 8.24. The number of ether oxygens (including phenoxy) is 1. The molecule has 0 aliphatic carbocycles. The maximum atomic E-state index is 11.0. The fraction of sp³-hybridized carbons (Fsp3) is 0.714. The molecule has 9 nitrogen and oxygen atoms in total. The first-order valence-electron chi connectivity index (χ1n) is 4.49. The van der Waals surface area contributed by atoms with Crippen molar-refractivity contribution in [3.05, 3.63) is 0 Å². The van der Waals surface area contributed by atoms with Gasteiger partial charge < -0.3 is 9.84 Å². The van der Waals surface area contributed by atoms with E-state index >= 15 is 0 Å². The van der Waals surface area contributed by atoms with Gasteiger partial charge in [-0.1, -0.05) is 0 Å². The standard InChI is InChI=1S/C7H15N3O6S/c1-7(2,3)16-6(13)9-10-17(14,15)8-4-5(11)12/h8,10H,4H2,1-3H3,(H,9,13)(H,11,12). The molecule has 100 valence electrons. The number of hydrazine groups is 1. The molecule has 4 N–H and O–H groups in total. The Bertz CT molecular complexity index is 385. The van der Waals surface area contributed by atoms with Gasteiger partial charge in [-0.05, 0) is 20.8 Å². The van der Waals surface area contributed by atoms with Gasteiger partial charge in [-0.25, -0.2) is 10.2 Å². The SMILES string of the molecule is CC(C)(C)OC(=O)NNS(=O)(=O)NCC(=O)O. The quantitative estimate of drug-likeness (QED) is 0.470. The number of amides is 1. The zero-order valence-electron chi connectivity index (χ0n) is 9.60. The molecule has 0 atom stereocenters. The van der Waals surface area contributed by atoms with Crippen LogP contribution in [0.25, 0.3) is 0 Å². The molecule has 1 amide bonds. The van der Waals surface area contributed by atoms with E-state index in [0.29, 0.717) is 0 Å². The van der Waals surface area contributed by atoms with Crippen molar-refractivity contribution >= 4 is 22.3 Å². The summed E-state index contributed by atoms with van der Waals surface area (Å²) >= 11 is 0. The lowest BCUT2D eigenvalue weighted by Gasteiger charge is -2.19. The number of rotatable bonds is 5. The lowest BCUT2D eigenvalue weighted by atomic mass is 10.2. The fourth-order valence-corrected chi connectivity index (χ4v) is 1.21. The van der Waals surface area contributed by atoms with E-state index < -0.39 is 34.4 Å². The lowest BCUT2D eigenvalue weighted by molar-refractivity contribution is -0.135. The molecule has 17 heavy (non-hydrogen) atoms. The summed E-state index contributed by atoms with van der Waals surface area (Å²) in [5.74, 6) is -1.35. The number of carbonyl (C=O) groups excluding carboxylic acids is 1. The van der Waals surface area contributed by atoms with Gasteiger partial charge in [0.25, 0.3) is 10.2 Å². The molecule has 0 aromatic carbocycles. The third-order valence-corrected chi connectivity index (χ3v) is 1.99. The molecule has 0 fully saturated rings. The number of hydrogen-bond acceptors (Lipinski definition) is 5. The predicted octanol–water partition coefficient (Wildman–Crippen LogP) is -1.07. The predicted molar refractivity (Wildman–Crippen MR) is 57.1 cm³/mol. The molecular weight excluding hydrogens is 254 g/mol. The van der Waals surface area contributed by atoms with E-state index in [1.165, 1.54) is 0 Å². The maximum absolute atomic E-state index is 11.0. The minimum Gasteiger partial charge on any atom is -0.480 e. The zero-order valence-corrected chi connectivity index (χ0v) is 10.4. The molecule has 10 heteroatoms. The second-order valence-corrected chi connectivity index (χ2v) is 5.45. The third-order valence-electron chi connectivity index (χ3n) is 1.10. The van der Waals surface area contributed by atoms with Gasteiger partial charge in [0.2, 0.25) is 0 Å². The van der Waals surface area contributed by atoms with Crippen LogP contribution in [0.3, 0.4) is 0 Å². The van der Waals surface area contributed by atoms with Crippen molar-refractivity contribution in [1.82, 2.24) is 15.0 Å². The van der Waals surface area contributed by atoms with Crippen LogP contribution in [0.5, 0.6) is 0 Å². The zero-order chi connectivity index (χ0) is 13.7. The largest absolute Gasteiger partial charge is 0.480 e. The van der Waals surface area contributed by atoms with Gasteiger partial charge in [-0.2, -0.15) is 13.1 Å². The Morgan fingerprint density at radius 2 is 1.82 bits per heavy atom. The van der Waals surface area contributed by atoms with Gasteiger partial charge in [0.05, 0.1) is 0 Å². The van der Waals surface area contributed by atoms with E-state index in [9.17, 15) is 18.0 Å². The molecule has 0 saturated heterocycles. The van der Waals surface area contributed by atoms with Gasteiger partial charge in [0.1, 0.15) is 12.1 Å². The lowest BCUT2D eigenvalue weighted by Crippen LogP contribution is -2.49. The minimum absolute atomic E-state index is 0.774. The van der Waals surface area contributed by atoms with E-state index in [4.69, 9.17) is 9.84 Å². The molecule has 0 aromatic rings. The number of aliphatic carboxylic acids is 1. The Morgan fingerprint density at radius 3 is 2.24 bits per heavy atom. The molecule has 0 aliphatic rings. The van der Waals surface area contributed by atoms with Crippen molar-refractivity contribution in [2.45, 2.75) is 26.4 Å². The second kappa shape index (κ2) is 5.80. The minimum atomic E-state index is -4.12. The molecule has 0 aliphatic heterocycles. The Balaban J connectivity index is 4.10. The van der Waals surface area contributed by atoms with Crippen molar-refractivity contribution in [2.75, 3.05) is 6.54 Å². The number of hydrogen-bond donors (Lipinski definition) is 4. The molecule has 0 unspecified atom stereocenters. The maximum Gasteiger partial charge on any atom is 0.423 e. The van der Waals surface area contributed by atoms with Crippen molar-refractivity contribution in [2.24, 2.45) is 0 Å². The molecule has 0 aromatic heterocycles. The summed E-state index contributed by atoms with van der Waals surface area (Å²) in [6, 6.07) is 0. The van der Waals surface area contributed by atoms with E-state index in [2.05, 4.69) is 0 Å². The van der Waals surface area contributed by atoms with Crippen molar-refractivity contribution in [3.8, 4) is 0 Å². The van der Waals surface area contributed by atoms with Crippen molar-refractivity contribution < 1.29 is 27.9 Å². The highest BCUT2D eigenvalue weighted by molar-refractivity contribution is 7.87. The van der Waals surface area contributed by atoms with E-state index in [0.717, 1.165) is 0 Å². The Kier molecular flexibility index (Phi) is 5.32. The van der Waals surface area contributed by atoms with Gasteiger partial charge in [-0.15, -0.1) is 4.83 Å². The second-order valence-electron chi connectivity index (χ2n) is 3.95. The van der Waals surface area contributed by atoms with Crippen LogP contribution in [-0.2, 0) is 19.7 Å². The first-order valence-corrected chi connectivity index (χ1v) is 5.97. The molecule has 0 bridgehead atoms. The van der Waals surface area contributed by atoms with Gasteiger partial charge in [0.15, 0.2) is 0 Å². The highest BCUT2D eigenvalue weighted by Crippen LogP contribution is 2.05. The van der Waals surface area contributed by atoms with Gasteiger partial charge in [-0.3, -0.25) is 4.79 Å². The fourth-order valence-electron chi connectivity index (χ4n) is 0.605. The van der Waals surface area contributed by atoms with Crippen molar-refractivity contribution in [3.63, 3.8) is 0 Å². The summed E-state index contributed by atoms with van der Waals surface area (Å²) < 4.78 is 28.5. The van der Waals surface area contributed by atoms with Crippen LogP contribution in [0.1, 0.15) is 20.8 Å². The summed E-state index contributed by atoms with van der Waals surface area (Å²) in [5.41, 5.74) is 0.975. The molecular formula is C7H15N3O6S. The summed E-state index contributed by atoms with van der Waals surface area (Å²) in [7, 11) is -4.12.